The lowest BCUT2D eigenvalue weighted by atomic mass is 9.94. The fourth-order valence-corrected chi connectivity index (χ4v) is 3.09. The van der Waals surface area contributed by atoms with Crippen LogP contribution in [0.1, 0.15) is 50.3 Å². The molecule has 1 saturated heterocycles. The Bertz CT molecular complexity index is 551. The molecule has 3 nitrogen and oxygen atoms in total. The van der Waals surface area contributed by atoms with Crippen molar-refractivity contribution in [1.82, 2.24) is 10.6 Å². The minimum Gasteiger partial charge on any atom is -0.349 e. The lowest BCUT2D eigenvalue weighted by Gasteiger charge is -2.24. The lowest BCUT2D eigenvalue weighted by molar-refractivity contribution is -0.137. The maximum atomic E-state index is 12.9. The highest BCUT2D eigenvalue weighted by atomic mass is 19.4. The second-order valence-electron chi connectivity index (χ2n) is 6.81. The normalized spacial score (nSPS) is 19.5. The van der Waals surface area contributed by atoms with Gasteiger partial charge in [-0.05, 0) is 55.5 Å². The molecule has 2 unspecified atom stereocenters. The summed E-state index contributed by atoms with van der Waals surface area (Å²) in [5.41, 5.74) is -0.187. The van der Waals surface area contributed by atoms with Crippen LogP contribution in [0.4, 0.5) is 13.2 Å². The van der Waals surface area contributed by atoms with E-state index in [0.29, 0.717) is 17.9 Å². The number of carbonyl (C=O) groups is 1. The zero-order chi connectivity index (χ0) is 17.7. The van der Waals surface area contributed by atoms with Crippen LogP contribution in [0.3, 0.4) is 0 Å². The van der Waals surface area contributed by atoms with Crippen LogP contribution >= 0.6 is 0 Å². The first-order valence-corrected chi connectivity index (χ1v) is 8.44. The molecule has 1 aliphatic heterocycles. The Balaban J connectivity index is 2.02. The first-order chi connectivity index (χ1) is 11.3. The van der Waals surface area contributed by atoms with E-state index >= 15 is 0 Å². The van der Waals surface area contributed by atoms with Crippen molar-refractivity contribution in [2.45, 2.75) is 45.3 Å². The molecule has 2 atom stereocenters. The monoisotopic (exact) mass is 342 g/mol. The van der Waals surface area contributed by atoms with Gasteiger partial charge in [-0.25, -0.2) is 0 Å². The van der Waals surface area contributed by atoms with Crippen LogP contribution in [0, 0.1) is 11.8 Å². The molecule has 1 fully saturated rings. The third-order valence-electron chi connectivity index (χ3n) is 4.50. The van der Waals surface area contributed by atoms with E-state index in [0.717, 1.165) is 38.1 Å². The van der Waals surface area contributed by atoms with E-state index in [2.05, 4.69) is 10.6 Å². The molecule has 0 aliphatic carbocycles. The number of carbonyl (C=O) groups excluding carboxylic acids is 1. The van der Waals surface area contributed by atoms with Crippen molar-refractivity contribution in [1.29, 1.82) is 0 Å². The number of hydrogen-bond donors (Lipinski definition) is 2. The Morgan fingerprint density at radius 3 is 2.71 bits per heavy atom. The van der Waals surface area contributed by atoms with Gasteiger partial charge in [0.25, 0.3) is 0 Å². The van der Waals surface area contributed by atoms with Crippen LogP contribution in [-0.4, -0.2) is 19.0 Å². The van der Waals surface area contributed by atoms with Gasteiger partial charge in [-0.2, -0.15) is 13.2 Å². The summed E-state index contributed by atoms with van der Waals surface area (Å²) >= 11 is 0. The Hall–Kier alpha value is -1.56. The van der Waals surface area contributed by atoms with Crippen LogP contribution in [0.2, 0.25) is 0 Å². The molecular formula is C18H25F3N2O. The van der Waals surface area contributed by atoms with Gasteiger partial charge in [-0.1, -0.05) is 26.0 Å². The summed E-state index contributed by atoms with van der Waals surface area (Å²) in [5.74, 6) is 0.422. The van der Waals surface area contributed by atoms with E-state index in [9.17, 15) is 18.0 Å². The molecule has 1 aromatic carbocycles. The number of benzene rings is 1. The molecule has 134 valence electrons. The molecule has 0 bridgehead atoms. The van der Waals surface area contributed by atoms with Crippen molar-refractivity contribution in [3.63, 3.8) is 0 Å². The van der Waals surface area contributed by atoms with Gasteiger partial charge in [0.2, 0.25) is 5.91 Å². The fraction of sp³-hybridized carbons (Fsp3) is 0.611. The molecule has 2 N–H and O–H groups in total. The molecule has 1 amide bonds. The highest BCUT2D eigenvalue weighted by Crippen LogP contribution is 2.32. The van der Waals surface area contributed by atoms with Gasteiger partial charge in [0.05, 0.1) is 11.6 Å². The van der Waals surface area contributed by atoms with Crippen molar-refractivity contribution in [2.75, 3.05) is 13.1 Å². The molecule has 0 saturated carbocycles. The average Bonchev–Trinajstić information content (AvgIpc) is 3.03. The Labute approximate surface area is 141 Å². The molecule has 1 aromatic rings. The predicted molar refractivity (Wildman–Crippen MR) is 87.4 cm³/mol. The molecule has 0 spiro atoms. The summed E-state index contributed by atoms with van der Waals surface area (Å²) in [5, 5.41) is 6.17. The third kappa shape index (κ3) is 5.23. The minimum absolute atomic E-state index is 0.00517. The summed E-state index contributed by atoms with van der Waals surface area (Å²) < 4.78 is 38.7. The molecule has 0 aromatic heterocycles. The number of nitrogens with one attached hydrogen (secondary N) is 2. The molecule has 2 rings (SSSR count). The van der Waals surface area contributed by atoms with Crippen LogP contribution in [0.15, 0.2) is 24.3 Å². The SMILES string of the molecule is CC(C)C(NC(=O)CCC1CCNC1)c1cccc(C(F)(F)F)c1. The van der Waals surface area contributed by atoms with E-state index in [-0.39, 0.29) is 11.8 Å². The zero-order valence-electron chi connectivity index (χ0n) is 14.1. The van der Waals surface area contributed by atoms with Crippen LogP contribution < -0.4 is 10.6 Å². The van der Waals surface area contributed by atoms with E-state index in [1.165, 1.54) is 6.07 Å². The van der Waals surface area contributed by atoms with Gasteiger partial charge >= 0.3 is 6.18 Å². The highest BCUT2D eigenvalue weighted by molar-refractivity contribution is 5.76. The Kier molecular flexibility index (Phi) is 6.27. The second-order valence-corrected chi connectivity index (χ2v) is 6.81. The van der Waals surface area contributed by atoms with Crippen molar-refractivity contribution >= 4 is 5.91 Å². The standard InChI is InChI=1S/C18H25F3N2O/c1-12(2)17(14-4-3-5-15(10-14)18(19,20)21)23-16(24)7-6-13-8-9-22-11-13/h3-5,10,12-13,17,22H,6-9,11H2,1-2H3,(H,23,24). The Morgan fingerprint density at radius 1 is 1.38 bits per heavy atom. The second kappa shape index (κ2) is 8.01. The van der Waals surface area contributed by atoms with E-state index in [1.807, 2.05) is 13.8 Å². The van der Waals surface area contributed by atoms with Gasteiger partial charge in [0.1, 0.15) is 0 Å². The Morgan fingerprint density at radius 2 is 2.12 bits per heavy atom. The number of rotatable bonds is 6. The molecule has 6 heteroatoms. The molecule has 1 aliphatic rings. The number of halogens is 3. The lowest BCUT2D eigenvalue weighted by Crippen LogP contribution is -2.32. The van der Waals surface area contributed by atoms with Crippen LogP contribution in [0.5, 0.6) is 0 Å². The molecular weight excluding hydrogens is 317 g/mol. The highest BCUT2D eigenvalue weighted by Gasteiger charge is 2.31. The third-order valence-corrected chi connectivity index (χ3v) is 4.50. The molecule has 24 heavy (non-hydrogen) atoms. The van der Waals surface area contributed by atoms with Crippen molar-refractivity contribution < 1.29 is 18.0 Å². The first kappa shape index (κ1) is 18.8. The van der Waals surface area contributed by atoms with Gasteiger partial charge in [-0.3, -0.25) is 4.79 Å². The number of hydrogen-bond acceptors (Lipinski definition) is 2. The van der Waals surface area contributed by atoms with Crippen LogP contribution in [0.25, 0.3) is 0 Å². The maximum absolute atomic E-state index is 12.9. The fourth-order valence-electron chi connectivity index (χ4n) is 3.09. The number of alkyl halides is 3. The maximum Gasteiger partial charge on any atom is 0.416 e. The summed E-state index contributed by atoms with van der Waals surface area (Å²) in [6, 6.07) is 4.80. The van der Waals surface area contributed by atoms with Crippen molar-refractivity contribution in [3.8, 4) is 0 Å². The van der Waals surface area contributed by atoms with E-state index in [4.69, 9.17) is 0 Å². The predicted octanol–water partition coefficient (Wildman–Crippen LogP) is 3.91. The number of amides is 1. The van der Waals surface area contributed by atoms with Gasteiger partial charge < -0.3 is 10.6 Å². The first-order valence-electron chi connectivity index (χ1n) is 8.44. The smallest absolute Gasteiger partial charge is 0.349 e. The molecule has 1 heterocycles. The summed E-state index contributed by atoms with van der Waals surface area (Å²) in [4.78, 5) is 12.2. The minimum atomic E-state index is -4.38. The van der Waals surface area contributed by atoms with E-state index < -0.39 is 17.8 Å². The quantitative estimate of drug-likeness (QED) is 0.823. The topological polar surface area (TPSA) is 41.1 Å². The average molecular weight is 342 g/mol. The molecule has 0 radical (unpaired) electrons. The van der Waals surface area contributed by atoms with Gasteiger partial charge in [0.15, 0.2) is 0 Å². The van der Waals surface area contributed by atoms with Gasteiger partial charge in [0, 0.05) is 6.42 Å². The van der Waals surface area contributed by atoms with E-state index in [1.54, 1.807) is 6.07 Å². The van der Waals surface area contributed by atoms with Crippen molar-refractivity contribution in [2.24, 2.45) is 11.8 Å². The zero-order valence-corrected chi connectivity index (χ0v) is 14.1. The summed E-state index contributed by atoms with van der Waals surface area (Å²) in [6.07, 6.45) is -2.08. The van der Waals surface area contributed by atoms with Crippen LogP contribution in [-0.2, 0) is 11.0 Å². The summed E-state index contributed by atoms with van der Waals surface area (Å²) in [6.45, 7) is 5.72. The van der Waals surface area contributed by atoms with Crippen molar-refractivity contribution in [3.05, 3.63) is 35.4 Å². The largest absolute Gasteiger partial charge is 0.416 e. The summed E-state index contributed by atoms with van der Waals surface area (Å²) in [7, 11) is 0. The van der Waals surface area contributed by atoms with Gasteiger partial charge in [-0.15, -0.1) is 0 Å².